The van der Waals surface area contributed by atoms with Crippen molar-refractivity contribution in [3.05, 3.63) is 0 Å². The molecule has 0 amide bonds. The molecule has 0 bridgehead atoms. The van der Waals surface area contributed by atoms with Crippen LogP contribution >= 0.6 is 0 Å². The van der Waals surface area contributed by atoms with Gasteiger partial charge in [0, 0.05) is 11.8 Å². The molecule has 0 aromatic rings. The molecule has 0 aromatic heterocycles. The molecule has 3 heteroatoms. The van der Waals surface area contributed by atoms with E-state index in [9.17, 15) is 15.0 Å². The van der Waals surface area contributed by atoms with E-state index in [4.69, 9.17) is 0 Å². The Morgan fingerprint density at radius 1 is 1.29 bits per heavy atom. The van der Waals surface area contributed by atoms with E-state index < -0.39 is 17.6 Å². The van der Waals surface area contributed by atoms with Gasteiger partial charge in [0.25, 0.3) is 0 Å². The first-order valence-corrected chi connectivity index (χ1v) is 6.76. The number of ketones is 1. The molecule has 0 saturated heterocycles. The first kappa shape index (κ1) is 13.0. The quantitative estimate of drug-likeness (QED) is 0.734. The Morgan fingerprint density at radius 3 is 2.53 bits per heavy atom. The zero-order valence-corrected chi connectivity index (χ0v) is 11.0. The third kappa shape index (κ3) is 1.93. The molecule has 2 rings (SSSR count). The summed E-state index contributed by atoms with van der Waals surface area (Å²) in [4.78, 5) is 12.1. The largest absolute Gasteiger partial charge is 0.393 e. The molecular formula is C14H24O3. The summed E-state index contributed by atoms with van der Waals surface area (Å²) in [6.07, 6.45) is 1.73. The van der Waals surface area contributed by atoms with Crippen LogP contribution in [0.15, 0.2) is 0 Å². The Morgan fingerprint density at radius 2 is 1.94 bits per heavy atom. The molecule has 0 radical (unpaired) electrons. The van der Waals surface area contributed by atoms with Gasteiger partial charge >= 0.3 is 0 Å². The predicted molar refractivity (Wildman–Crippen MR) is 65.4 cm³/mol. The van der Waals surface area contributed by atoms with Crippen LogP contribution in [0.2, 0.25) is 0 Å². The zero-order chi connectivity index (χ0) is 12.8. The molecule has 2 saturated carbocycles. The Labute approximate surface area is 103 Å². The Bertz CT molecular complexity index is 313. The van der Waals surface area contributed by atoms with Crippen molar-refractivity contribution in [1.82, 2.24) is 0 Å². The topological polar surface area (TPSA) is 57.5 Å². The van der Waals surface area contributed by atoms with Crippen molar-refractivity contribution < 1.29 is 15.0 Å². The number of fused-ring (bicyclic) bond motifs is 1. The van der Waals surface area contributed by atoms with Gasteiger partial charge < -0.3 is 10.2 Å². The summed E-state index contributed by atoms with van der Waals surface area (Å²) in [7, 11) is 0. The zero-order valence-electron chi connectivity index (χ0n) is 11.0. The smallest absolute Gasteiger partial charge is 0.139 e. The van der Waals surface area contributed by atoms with Gasteiger partial charge in [-0.15, -0.1) is 0 Å². The van der Waals surface area contributed by atoms with Crippen molar-refractivity contribution in [1.29, 1.82) is 0 Å². The fraction of sp³-hybridized carbons (Fsp3) is 0.929. The summed E-state index contributed by atoms with van der Waals surface area (Å²) in [6.45, 7) is 6.17. The maximum absolute atomic E-state index is 12.1. The summed E-state index contributed by atoms with van der Waals surface area (Å²) in [6, 6.07) is 0. The lowest BCUT2D eigenvalue weighted by Crippen LogP contribution is -2.57. The second-order valence-electron chi connectivity index (χ2n) is 6.44. The van der Waals surface area contributed by atoms with E-state index >= 15 is 0 Å². The van der Waals surface area contributed by atoms with E-state index in [2.05, 4.69) is 13.8 Å². The van der Waals surface area contributed by atoms with Crippen LogP contribution in [0.4, 0.5) is 0 Å². The van der Waals surface area contributed by atoms with Crippen LogP contribution in [-0.2, 0) is 4.79 Å². The molecule has 0 aromatic carbocycles. The molecule has 98 valence electrons. The summed E-state index contributed by atoms with van der Waals surface area (Å²) in [5.41, 5.74) is -0.403. The lowest BCUT2D eigenvalue weighted by Gasteiger charge is -2.52. The number of aliphatic hydroxyl groups is 2. The standard InChI is InChI=1S/C14H24O3/c1-8(2)9-6-7-14(3)11(16)5-4-10(15)12(14)13(9)17/h8-9,11-13,16-17H,4-7H2,1-3H3. The fourth-order valence-electron chi connectivity index (χ4n) is 3.87. The van der Waals surface area contributed by atoms with Gasteiger partial charge in [0.05, 0.1) is 18.1 Å². The van der Waals surface area contributed by atoms with Crippen LogP contribution in [0.1, 0.15) is 46.5 Å². The van der Waals surface area contributed by atoms with E-state index in [-0.39, 0.29) is 17.6 Å². The van der Waals surface area contributed by atoms with E-state index in [1.54, 1.807) is 0 Å². The molecule has 0 spiro atoms. The maximum atomic E-state index is 12.1. The lowest BCUT2D eigenvalue weighted by atomic mass is 9.54. The van der Waals surface area contributed by atoms with Gasteiger partial charge in [-0.05, 0) is 31.1 Å². The number of hydrogen-bond donors (Lipinski definition) is 2. The summed E-state index contributed by atoms with van der Waals surface area (Å²) in [5.74, 6) is 0.381. The van der Waals surface area contributed by atoms with Crippen LogP contribution in [0.5, 0.6) is 0 Å². The Balaban J connectivity index is 2.29. The van der Waals surface area contributed by atoms with Gasteiger partial charge in [-0.3, -0.25) is 4.79 Å². The average molecular weight is 240 g/mol. The number of rotatable bonds is 1. The second-order valence-corrected chi connectivity index (χ2v) is 6.44. The highest BCUT2D eigenvalue weighted by atomic mass is 16.3. The molecule has 0 aliphatic heterocycles. The first-order valence-electron chi connectivity index (χ1n) is 6.76. The molecule has 2 N–H and O–H groups in total. The fourth-order valence-corrected chi connectivity index (χ4v) is 3.87. The van der Waals surface area contributed by atoms with Crippen molar-refractivity contribution in [2.75, 3.05) is 0 Å². The van der Waals surface area contributed by atoms with Gasteiger partial charge in [0.15, 0.2) is 0 Å². The van der Waals surface area contributed by atoms with Crippen LogP contribution in [0, 0.1) is 23.2 Å². The normalized spacial score (nSPS) is 47.1. The van der Waals surface area contributed by atoms with Crippen LogP contribution in [0.25, 0.3) is 0 Å². The highest BCUT2D eigenvalue weighted by Gasteiger charge is 2.55. The minimum atomic E-state index is -0.573. The minimum Gasteiger partial charge on any atom is -0.393 e. The van der Waals surface area contributed by atoms with Crippen molar-refractivity contribution in [3.8, 4) is 0 Å². The van der Waals surface area contributed by atoms with E-state index in [0.717, 1.165) is 12.8 Å². The predicted octanol–water partition coefficient (Wildman–Crippen LogP) is 1.76. The summed E-state index contributed by atoms with van der Waals surface area (Å²) in [5, 5.41) is 20.6. The Kier molecular flexibility index (Phi) is 3.34. The van der Waals surface area contributed by atoms with Crippen molar-refractivity contribution >= 4 is 5.78 Å². The van der Waals surface area contributed by atoms with Crippen LogP contribution in [-0.4, -0.2) is 28.2 Å². The van der Waals surface area contributed by atoms with Crippen LogP contribution < -0.4 is 0 Å². The third-order valence-electron chi connectivity index (χ3n) is 5.14. The lowest BCUT2D eigenvalue weighted by molar-refractivity contribution is -0.165. The average Bonchev–Trinajstić information content (AvgIpc) is 2.23. The molecule has 3 nitrogen and oxygen atoms in total. The monoisotopic (exact) mass is 240 g/mol. The molecular weight excluding hydrogens is 216 g/mol. The maximum Gasteiger partial charge on any atom is 0.139 e. The summed E-state index contributed by atoms with van der Waals surface area (Å²) < 4.78 is 0. The molecule has 17 heavy (non-hydrogen) atoms. The first-order chi connectivity index (χ1) is 7.88. The molecule has 5 atom stereocenters. The van der Waals surface area contributed by atoms with Gasteiger partial charge in [-0.25, -0.2) is 0 Å². The molecule has 2 fully saturated rings. The number of hydrogen-bond acceptors (Lipinski definition) is 3. The summed E-state index contributed by atoms with van der Waals surface area (Å²) >= 11 is 0. The SMILES string of the molecule is CC(C)C1CCC2(C)C(O)CCC(=O)C2C1O. The molecule has 0 heterocycles. The molecule has 5 unspecified atom stereocenters. The Hall–Kier alpha value is -0.410. The number of aliphatic hydroxyl groups excluding tert-OH is 2. The third-order valence-corrected chi connectivity index (χ3v) is 5.14. The highest BCUT2D eigenvalue weighted by Crippen LogP contribution is 2.51. The van der Waals surface area contributed by atoms with Crippen LogP contribution in [0.3, 0.4) is 0 Å². The van der Waals surface area contributed by atoms with E-state index in [0.29, 0.717) is 18.8 Å². The van der Waals surface area contributed by atoms with Gasteiger partial charge in [0.1, 0.15) is 5.78 Å². The molecule has 2 aliphatic rings. The molecule has 2 aliphatic carbocycles. The van der Waals surface area contributed by atoms with Gasteiger partial charge in [0.2, 0.25) is 0 Å². The van der Waals surface area contributed by atoms with Gasteiger partial charge in [-0.2, -0.15) is 0 Å². The van der Waals surface area contributed by atoms with Crippen molar-refractivity contribution in [3.63, 3.8) is 0 Å². The number of Topliss-reactive ketones (excluding diaryl/α,β-unsaturated/α-hetero) is 1. The second kappa shape index (κ2) is 4.36. The van der Waals surface area contributed by atoms with E-state index in [1.165, 1.54) is 0 Å². The number of carbonyl (C=O) groups excluding carboxylic acids is 1. The van der Waals surface area contributed by atoms with Crippen molar-refractivity contribution in [2.24, 2.45) is 23.2 Å². The minimum absolute atomic E-state index is 0.149. The number of carbonyl (C=O) groups is 1. The van der Waals surface area contributed by atoms with Crippen molar-refractivity contribution in [2.45, 2.75) is 58.7 Å². The van der Waals surface area contributed by atoms with E-state index in [1.807, 2.05) is 6.92 Å². The van der Waals surface area contributed by atoms with Gasteiger partial charge in [-0.1, -0.05) is 20.8 Å². The highest BCUT2D eigenvalue weighted by molar-refractivity contribution is 5.83.